The molecule has 1 heterocycles. The minimum absolute atomic E-state index is 0.0842. The lowest BCUT2D eigenvalue weighted by molar-refractivity contribution is 0.0972. The number of imidazole rings is 1. The summed E-state index contributed by atoms with van der Waals surface area (Å²) in [7, 11) is 0. The summed E-state index contributed by atoms with van der Waals surface area (Å²) < 4.78 is 1.81. The SMILES string of the molecule is Cc1ccc(C(=O)Cn2cnc(/C=C/c3ccccc3)c2)cc1. The fraction of sp³-hybridized carbons (Fsp3) is 0.100. The molecule has 23 heavy (non-hydrogen) atoms. The first kappa shape index (κ1) is 15.0. The standard InChI is InChI=1S/C20H18N2O/c1-16-7-10-18(11-8-16)20(23)14-22-13-19(21-15-22)12-9-17-5-3-2-4-6-17/h2-13,15H,14H2,1H3/b12-9+. The van der Waals surface area contributed by atoms with Crippen molar-refractivity contribution in [2.24, 2.45) is 0 Å². The fourth-order valence-electron chi connectivity index (χ4n) is 2.29. The zero-order valence-corrected chi connectivity index (χ0v) is 13.0. The van der Waals surface area contributed by atoms with Gasteiger partial charge in [-0.2, -0.15) is 0 Å². The number of benzene rings is 2. The van der Waals surface area contributed by atoms with E-state index in [1.807, 2.05) is 84.4 Å². The van der Waals surface area contributed by atoms with Gasteiger partial charge in [0.2, 0.25) is 0 Å². The molecule has 0 saturated heterocycles. The highest BCUT2D eigenvalue weighted by molar-refractivity contribution is 5.95. The van der Waals surface area contributed by atoms with E-state index in [4.69, 9.17) is 0 Å². The summed E-state index contributed by atoms with van der Waals surface area (Å²) in [6.45, 7) is 2.31. The van der Waals surface area contributed by atoms with Crippen LogP contribution in [0.1, 0.15) is 27.2 Å². The van der Waals surface area contributed by atoms with Crippen molar-refractivity contribution in [1.82, 2.24) is 9.55 Å². The van der Waals surface area contributed by atoms with Gasteiger partial charge in [0.1, 0.15) is 0 Å². The van der Waals surface area contributed by atoms with Gasteiger partial charge in [0.25, 0.3) is 0 Å². The zero-order valence-electron chi connectivity index (χ0n) is 13.0. The number of Topliss-reactive ketones (excluding diaryl/α,β-unsaturated/α-hetero) is 1. The molecule has 0 atom stereocenters. The number of rotatable bonds is 5. The van der Waals surface area contributed by atoms with Crippen molar-refractivity contribution >= 4 is 17.9 Å². The summed E-state index contributed by atoms with van der Waals surface area (Å²) in [6.07, 6.45) is 7.53. The molecular weight excluding hydrogens is 284 g/mol. The van der Waals surface area contributed by atoms with E-state index in [1.165, 1.54) is 0 Å². The smallest absolute Gasteiger partial charge is 0.182 e. The fourth-order valence-corrected chi connectivity index (χ4v) is 2.29. The molecule has 2 aromatic carbocycles. The lowest BCUT2D eigenvalue weighted by atomic mass is 10.1. The number of hydrogen-bond donors (Lipinski definition) is 0. The molecule has 3 nitrogen and oxygen atoms in total. The van der Waals surface area contributed by atoms with Crippen molar-refractivity contribution in [1.29, 1.82) is 0 Å². The zero-order chi connectivity index (χ0) is 16.1. The topological polar surface area (TPSA) is 34.9 Å². The van der Waals surface area contributed by atoms with Gasteiger partial charge in [-0.05, 0) is 18.6 Å². The molecular formula is C20H18N2O. The van der Waals surface area contributed by atoms with Gasteiger partial charge in [-0.3, -0.25) is 4.79 Å². The Morgan fingerprint density at radius 2 is 1.78 bits per heavy atom. The molecule has 3 heteroatoms. The van der Waals surface area contributed by atoms with E-state index in [0.717, 1.165) is 22.4 Å². The van der Waals surface area contributed by atoms with Crippen molar-refractivity contribution in [3.05, 3.63) is 89.5 Å². The van der Waals surface area contributed by atoms with Gasteiger partial charge in [0.05, 0.1) is 18.6 Å². The predicted molar refractivity (Wildman–Crippen MR) is 93.1 cm³/mol. The van der Waals surface area contributed by atoms with E-state index >= 15 is 0 Å². The molecule has 0 aliphatic rings. The summed E-state index contributed by atoms with van der Waals surface area (Å²) in [5.74, 6) is 0.0842. The molecule has 0 N–H and O–H groups in total. The van der Waals surface area contributed by atoms with Crippen LogP contribution in [0, 0.1) is 6.92 Å². The van der Waals surface area contributed by atoms with Crippen molar-refractivity contribution in [2.45, 2.75) is 13.5 Å². The second kappa shape index (κ2) is 6.88. The summed E-state index contributed by atoms with van der Waals surface area (Å²) >= 11 is 0. The first-order valence-corrected chi connectivity index (χ1v) is 7.55. The van der Waals surface area contributed by atoms with Crippen molar-refractivity contribution in [3.63, 3.8) is 0 Å². The van der Waals surface area contributed by atoms with Crippen LogP contribution in [0.5, 0.6) is 0 Å². The highest BCUT2D eigenvalue weighted by Gasteiger charge is 2.06. The Balaban J connectivity index is 1.66. The van der Waals surface area contributed by atoms with Gasteiger partial charge in [-0.15, -0.1) is 0 Å². The third-order valence-corrected chi connectivity index (χ3v) is 3.60. The summed E-state index contributed by atoms with van der Waals surface area (Å²) in [6, 6.07) is 17.7. The molecule has 0 amide bonds. The Morgan fingerprint density at radius 3 is 2.52 bits per heavy atom. The highest BCUT2D eigenvalue weighted by Crippen LogP contribution is 2.08. The molecule has 3 rings (SSSR count). The molecule has 0 fully saturated rings. The minimum Gasteiger partial charge on any atom is -0.329 e. The Morgan fingerprint density at radius 1 is 1.04 bits per heavy atom. The van der Waals surface area contributed by atoms with Crippen LogP contribution in [-0.4, -0.2) is 15.3 Å². The Hall–Kier alpha value is -2.94. The molecule has 0 spiro atoms. The van der Waals surface area contributed by atoms with Gasteiger partial charge in [-0.25, -0.2) is 4.98 Å². The lowest BCUT2D eigenvalue weighted by Crippen LogP contribution is -2.08. The third-order valence-electron chi connectivity index (χ3n) is 3.60. The molecule has 0 radical (unpaired) electrons. The minimum atomic E-state index is 0.0842. The summed E-state index contributed by atoms with van der Waals surface area (Å²) in [4.78, 5) is 16.6. The molecule has 0 bridgehead atoms. The van der Waals surface area contributed by atoms with Crippen LogP contribution in [0.3, 0.4) is 0 Å². The van der Waals surface area contributed by atoms with Crippen molar-refractivity contribution in [3.8, 4) is 0 Å². The van der Waals surface area contributed by atoms with E-state index in [2.05, 4.69) is 4.98 Å². The van der Waals surface area contributed by atoms with E-state index < -0.39 is 0 Å². The maximum Gasteiger partial charge on any atom is 0.182 e. The quantitative estimate of drug-likeness (QED) is 0.661. The maximum absolute atomic E-state index is 12.2. The number of aryl methyl sites for hydroxylation is 1. The number of carbonyl (C=O) groups is 1. The average molecular weight is 302 g/mol. The lowest BCUT2D eigenvalue weighted by Gasteiger charge is -2.02. The average Bonchev–Trinajstić information content (AvgIpc) is 3.02. The molecule has 0 aliphatic carbocycles. The largest absolute Gasteiger partial charge is 0.329 e. The van der Waals surface area contributed by atoms with Gasteiger partial charge >= 0.3 is 0 Å². The van der Waals surface area contributed by atoms with Crippen LogP contribution in [0.4, 0.5) is 0 Å². The van der Waals surface area contributed by atoms with Crippen LogP contribution >= 0.6 is 0 Å². The Labute approximate surface area is 135 Å². The van der Waals surface area contributed by atoms with Crippen LogP contribution in [0.15, 0.2) is 67.1 Å². The summed E-state index contributed by atoms with van der Waals surface area (Å²) in [5.41, 5.74) is 3.84. The van der Waals surface area contributed by atoms with Crippen LogP contribution in [0.25, 0.3) is 12.2 Å². The second-order valence-electron chi connectivity index (χ2n) is 5.50. The molecule has 0 unspecified atom stereocenters. The van der Waals surface area contributed by atoms with E-state index in [-0.39, 0.29) is 5.78 Å². The van der Waals surface area contributed by atoms with Crippen molar-refractivity contribution in [2.75, 3.05) is 0 Å². The Kier molecular flexibility index (Phi) is 4.48. The molecule has 3 aromatic rings. The maximum atomic E-state index is 12.2. The number of ketones is 1. The van der Waals surface area contributed by atoms with Crippen molar-refractivity contribution < 1.29 is 4.79 Å². The van der Waals surface area contributed by atoms with E-state index in [9.17, 15) is 4.79 Å². The first-order chi connectivity index (χ1) is 11.2. The van der Waals surface area contributed by atoms with E-state index in [0.29, 0.717) is 6.54 Å². The van der Waals surface area contributed by atoms with Gasteiger partial charge in [0, 0.05) is 11.8 Å². The normalized spacial score (nSPS) is 11.0. The first-order valence-electron chi connectivity index (χ1n) is 7.55. The number of carbonyl (C=O) groups excluding carboxylic acids is 1. The van der Waals surface area contributed by atoms with Gasteiger partial charge < -0.3 is 4.57 Å². The van der Waals surface area contributed by atoms with Gasteiger partial charge in [-0.1, -0.05) is 66.2 Å². The molecule has 1 aromatic heterocycles. The number of hydrogen-bond acceptors (Lipinski definition) is 2. The van der Waals surface area contributed by atoms with E-state index in [1.54, 1.807) is 6.33 Å². The highest BCUT2D eigenvalue weighted by atomic mass is 16.1. The number of aromatic nitrogens is 2. The molecule has 0 saturated carbocycles. The molecule has 0 aliphatic heterocycles. The summed E-state index contributed by atoms with van der Waals surface area (Å²) in [5, 5.41) is 0. The molecule has 114 valence electrons. The Bertz CT molecular complexity index is 814. The van der Waals surface area contributed by atoms with Crippen LogP contribution in [-0.2, 0) is 6.54 Å². The third kappa shape index (κ3) is 4.04. The monoisotopic (exact) mass is 302 g/mol. The predicted octanol–water partition coefficient (Wildman–Crippen LogP) is 4.24. The van der Waals surface area contributed by atoms with Crippen LogP contribution < -0.4 is 0 Å². The number of nitrogens with zero attached hydrogens (tertiary/aromatic N) is 2. The van der Waals surface area contributed by atoms with Crippen LogP contribution in [0.2, 0.25) is 0 Å². The second-order valence-corrected chi connectivity index (χ2v) is 5.50. The van der Waals surface area contributed by atoms with Gasteiger partial charge in [0.15, 0.2) is 5.78 Å².